The van der Waals surface area contributed by atoms with Crippen LogP contribution < -0.4 is 10.9 Å². The second-order valence-electron chi connectivity index (χ2n) is 5.55. The average Bonchev–Trinajstić information content (AvgIpc) is 3.10. The van der Waals surface area contributed by atoms with Crippen molar-refractivity contribution in [2.75, 3.05) is 0 Å². The van der Waals surface area contributed by atoms with Crippen molar-refractivity contribution in [2.24, 2.45) is 5.92 Å². The quantitative estimate of drug-likeness (QED) is 0.699. The lowest BCUT2D eigenvalue weighted by molar-refractivity contribution is 0.0846. The van der Waals surface area contributed by atoms with Crippen LogP contribution in [0.15, 0.2) is 22.8 Å². The summed E-state index contributed by atoms with van der Waals surface area (Å²) >= 11 is 4.78. The fraction of sp³-hybridized carbons (Fsp3) is 0.333. The van der Waals surface area contributed by atoms with Crippen molar-refractivity contribution < 1.29 is 9.59 Å². The monoisotopic (exact) mass is 381 g/mol. The van der Waals surface area contributed by atoms with E-state index in [2.05, 4.69) is 38.7 Å². The van der Waals surface area contributed by atoms with Gasteiger partial charge in [-0.1, -0.05) is 6.92 Å². The predicted molar refractivity (Wildman–Crippen MR) is 88.9 cm³/mol. The predicted octanol–water partition coefficient (Wildman–Crippen LogP) is 3.04. The van der Waals surface area contributed by atoms with Crippen molar-refractivity contribution in [3.8, 4) is 0 Å². The zero-order valence-electron chi connectivity index (χ0n) is 12.0. The zero-order valence-corrected chi connectivity index (χ0v) is 14.4. The molecule has 2 amide bonds. The number of aromatic amines is 1. The van der Waals surface area contributed by atoms with Crippen LogP contribution in [0.25, 0.3) is 0 Å². The summed E-state index contributed by atoms with van der Waals surface area (Å²) in [6.07, 6.45) is 4.90. The molecule has 2 heterocycles. The number of hydrogen-bond acceptors (Lipinski definition) is 3. The van der Waals surface area contributed by atoms with E-state index < -0.39 is 0 Å². The average molecular weight is 382 g/mol. The maximum atomic E-state index is 12.2. The molecule has 2 aromatic heterocycles. The van der Waals surface area contributed by atoms with Crippen LogP contribution >= 0.6 is 27.3 Å². The Bertz CT molecular complexity index is 722. The molecule has 0 spiro atoms. The summed E-state index contributed by atoms with van der Waals surface area (Å²) in [5.74, 6) is 0.0176. The van der Waals surface area contributed by atoms with Crippen molar-refractivity contribution in [1.29, 1.82) is 0 Å². The van der Waals surface area contributed by atoms with E-state index >= 15 is 0 Å². The van der Waals surface area contributed by atoms with Gasteiger partial charge in [-0.05, 0) is 58.8 Å². The number of aromatic nitrogens is 1. The Morgan fingerprint density at radius 1 is 1.32 bits per heavy atom. The molecule has 5 nitrogen and oxygen atoms in total. The van der Waals surface area contributed by atoms with Crippen molar-refractivity contribution in [3.05, 3.63) is 43.8 Å². The number of rotatable bonds is 2. The van der Waals surface area contributed by atoms with E-state index in [0.717, 1.165) is 17.3 Å². The lowest BCUT2D eigenvalue weighted by atomic mass is 9.90. The molecule has 0 unspecified atom stereocenters. The van der Waals surface area contributed by atoms with Crippen LogP contribution in [0.4, 0.5) is 0 Å². The summed E-state index contributed by atoms with van der Waals surface area (Å²) in [5, 5.41) is 0. The van der Waals surface area contributed by atoms with E-state index in [1.165, 1.54) is 28.2 Å². The first-order chi connectivity index (χ1) is 10.5. The van der Waals surface area contributed by atoms with Gasteiger partial charge in [0.25, 0.3) is 11.8 Å². The number of hydrazine groups is 1. The van der Waals surface area contributed by atoms with Gasteiger partial charge < -0.3 is 4.98 Å². The highest BCUT2D eigenvalue weighted by molar-refractivity contribution is 9.10. The number of nitrogens with one attached hydrogen (secondary N) is 3. The Hall–Kier alpha value is -1.60. The molecule has 0 aromatic carbocycles. The number of halogens is 1. The fourth-order valence-electron chi connectivity index (χ4n) is 2.56. The first kappa shape index (κ1) is 15.3. The van der Waals surface area contributed by atoms with E-state index in [-0.39, 0.29) is 11.8 Å². The molecule has 0 bridgehead atoms. The highest BCUT2D eigenvalue weighted by Gasteiger charge is 2.21. The third-order valence-corrected chi connectivity index (χ3v) is 5.43. The Morgan fingerprint density at radius 3 is 2.82 bits per heavy atom. The minimum Gasteiger partial charge on any atom is -0.356 e. The van der Waals surface area contributed by atoms with Crippen molar-refractivity contribution in [2.45, 2.75) is 26.2 Å². The third-order valence-electron chi connectivity index (χ3n) is 3.73. The Kier molecular flexibility index (Phi) is 4.35. The van der Waals surface area contributed by atoms with Gasteiger partial charge in [-0.15, -0.1) is 11.3 Å². The van der Waals surface area contributed by atoms with Gasteiger partial charge in [0.05, 0.1) is 4.88 Å². The molecular formula is C15H16BrN3O2S. The van der Waals surface area contributed by atoms with Crippen LogP contribution in [0.5, 0.6) is 0 Å². The number of thiophene rings is 1. The van der Waals surface area contributed by atoms with Crippen molar-refractivity contribution in [3.63, 3.8) is 0 Å². The summed E-state index contributed by atoms with van der Waals surface area (Å²) in [6, 6.07) is 3.59. The fourth-order valence-corrected chi connectivity index (χ4v) is 4.01. The largest absolute Gasteiger partial charge is 0.356 e. The van der Waals surface area contributed by atoms with E-state index in [1.54, 1.807) is 12.3 Å². The van der Waals surface area contributed by atoms with Gasteiger partial charge in [0.2, 0.25) is 0 Å². The highest BCUT2D eigenvalue weighted by atomic mass is 79.9. The molecule has 0 saturated carbocycles. The number of carbonyl (C=O) groups excluding carboxylic acids is 2. The molecule has 1 atom stereocenters. The smallest absolute Gasteiger partial charge is 0.286 e. The molecule has 0 fully saturated rings. The van der Waals surface area contributed by atoms with E-state index in [0.29, 0.717) is 16.5 Å². The van der Waals surface area contributed by atoms with Gasteiger partial charge >= 0.3 is 0 Å². The maximum absolute atomic E-state index is 12.2. The molecule has 0 saturated heterocycles. The van der Waals surface area contributed by atoms with Gasteiger partial charge in [0.15, 0.2) is 0 Å². The van der Waals surface area contributed by atoms with Crippen LogP contribution in [0.1, 0.15) is 43.9 Å². The third kappa shape index (κ3) is 3.25. The SMILES string of the molecule is C[C@@H]1CCc2sc(C(=O)NNC(=O)c3cc(Br)c[nH]3)cc2C1. The lowest BCUT2D eigenvalue weighted by Crippen LogP contribution is -2.41. The molecule has 3 N–H and O–H groups in total. The lowest BCUT2D eigenvalue weighted by Gasteiger charge is -2.16. The number of amides is 2. The Labute approximate surface area is 140 Å². The minimum atomic E-state index is -0.381. The van der Waals surface area contributed by atoms with Crippen LogP contribution in [0.2, 0.25) is 0 Å². The van der Waals surface area contributed by atoms with Gasteiger partial charge in [-0.2, -0.15) is 0 Å². The van der Waals surface area contributed by atoms with Crippen LogP contribution in [0.3, 0.4) is 0 Å². The zero-order chi connectivity index (χ0) is 15.7. The molecular weight excluding hydrogens is 366 g/mol. The Balaban J connectivity index is 1.62. The number of H-pyrrole nitrogens is 1. The number of hydrogen-bond donors (Lipinski definition) is 3. The van der Waals surface area contributed by atoms with Gasteiger partial charge in [-0.3, -0.25) is 20.4 Å². The molecule has 22 heavy (non-hydrogen) atoms. The second-order valence-corrected chi connectivity index (χ2v) is 7.60. The first-order valence-corrected chi connectivity index (χ1v) is 8.70. The van der Waals surface area contributed by atoms with Crippen LogP contribution in [-0.4, -0.2) is 16.8 Å². The molecule has 1 aliphatic carbocycles. The van der Waals surface area contributed by atoms with E-state index in [9.17, 15) is 9.59 Å². The summed E-state index contributed by atoms with van der Waals surface area (Å²) in [4.78, 5) is 28.8. The van der Waals surface area contributed by atoms with Gasteiger partial charge in [0, 0.05) is 15.5 Å². The van der Waals surface area contributed by atoms with Gasteiger partial charge in [-0.25, -0.2) is 0 Å². The van der Waals surface area contributed by atoms with Crippen LogP contribution in [0, 0.1) is 5.92 Å². The van der Waals surface area contributed by atoms with E-state index in [4.69, 9.17) is 0 Å². The van der Waals surface area contributed by atoms with Crippen molar-refractivity contribution in [1.82, 2.24) is 15.8 Å². The minimum absolute atomic E-state index is 0.272. The van der Waals surface area contributed by atoms with Crippen molar-refractivity contribution >= 4 is 39.1 Å². The second kappa shape index (κ2) is 6.26. The van der Waals surface area contributed by atoms with E-state index in [1.807, 2.05) is 6.07 Å². The summed E-state index contributed by atoms with van der Waals surface area (Å²) < 4.78 is 0.782. The molecule has 2 aromatic rings. The normalized spacial score (nSPS) is 16.9. The number of carbonyl (C=O) groups is 2. The first-order valence-electron chi connectivity index (χ1n) is 7.09. The summed E-state index contributed by atoms with van der Waals surface area (Å²) in [5.41, 5.74) is 6.53. The summed E-state index contributed by atoms with van der Waals surface area (Å²) in [7, 11) is 0. The summed E-state index contributed by atoms with van der Waals surface area (Å²) in [6.45, 7) is 2.23. The Morgan fingerprint density at radius 2 is 2.09 bits per heavy atom. The standard InChI is InChI=1S/C15H16BrN3O2S/c1-8-2-3-12-9(4-8)5-13(22-12)15(21)19-18-14(20)11-6-10(16)7-17-11/h5-8,17H,2-4H2,1H3,(H,18,20)(H,19,21)/t8-/m1/s1. The highest BCUT2D eigenvalue weighted by Crippen LogP contribution is 2.32. The molecule has 3 rings (SSSR count). The number of fused-ring (bicyclic) bond motifs is 1. The number of aryl methyl sites for hydroxylation is 1. The topological polar surface area (TPSA) is 74.0 Å². The molecule has 0 aliphatic heterocycles. The maximum Gasteiger partial charge on any atom is 0.286 e. The molecule has 7 heteroatoms. The molecule has 0 radical (unpaired) electrons. The van der Waals surface area contributed by atoms with Gasteiger partial charge in [0.1, 0.15) is 5.69 Å². The molecule has 116 valence electrons. The van der Waals surface area contributed by atoms with Crippen LogP contribution in [-0.2, 0) is 12.8 Å². The molecule has 1 aliphatic rings.